The van der Waals surface area contributed by atoms with Gasteiger partial charge in [-0.15, -0.1) is 0 Å². The van der Waals surface area contributed by atoms with Gasteiger partial charge in [0.2, 0.25) is 5.82 Å². The number of anilines is 1. The van der Waals surface area contributed by atoms with Gasteiger partial charge in [-0.2, -0.15) is 10.2 Å². The van der Waals surface area contributed by atoms with Crippen LogP contribution in [0.15, 0.2) is 34.9 Å². The predicted molar refractivity (Wildman–Crippen MR) is 137 cm³/mol. The molecule has 1 amide bonds. The molecule has 0 spiro atoms. The van der Waals surface area contributed by atoms with Crippen molar-refractivity contribution < 1.29 is 4.79 Å². The molecule has 1 saturated heterocycles. The van der Waals surface area contributed by atoms with Gasteiger partial charge in [-0.25, -0.2) is 4.98 Å². The number of carbonyl (C=O) groups excluding carboxylic acids is 1. The Balaban J connectivity index is 1.73. The van der Waals surface area contributed by atoms with E-state index in [1.165, 1.54) is 12.6 Å². The molecular formula is C25H34BrN7O. The van der Waals surface area contributed by atoms with Crippen LogP contribution >= 0.6 is 15.9 Å². The first-order valence-corrected chi connectivity index (χ1v) is 12.5. The van der Waals surface area contributed by atoms with E-state index in [4.69, 9.17) is 0 Å². The SMILES string of the molecule is CCCN1CCN(Cc2cccc(C(=O)NN(CC(C)(C)C)c3nc(C#N)ncc3Br)c2)CC1. The lowest BCUT2D eigenvalue weighted by atomic mass is 9.97. The third-order valence-electron chi connectivity index (χ3n) is 5.55. The molecule has 0 bridgehead atoms. The summed E-state index contributed by atoms with van der Waals surface area (Å²) in [6.07, 6.45) is 2.72. The summed E-state index contributed by atoms with van der Waals surface area (Å²) in [5.41, 5.74) is 4.57. The van der Waals surface area contributed by atoms with Gasteiger partial charge in [0, 0.05) is 51.0 Å². The van der Waals surface area contributed by atoms with Gasteiger partial charge in [0.25, 0.3) is 5.91 Å². The minimum atomic E-state index is -0.220. The number of benzene rings is 1. The van der Waals surface area contributed by atoms with E-state index >= 15 is 0 Å². The standard InChI is InChI=1S/C25H34BrN7O/c1-5-9-31-10-12-32(13-11-31)17-19-7-6-8-20(14-19)24(34)30-33(18-25(2,3)4)23-21(26)16-28-22(15-27)29-23/h6-8,14,16H,5,9-13,17-18H2,1-4H3,(H,30,34). The van der Waals surface area contributed by atoms with Crippen molar-refractivity contribution in [2.24, 2.45) is 5.41 Å². The molecule has 0 atom stereocenters. The lowest BCUT2D eigenvalue weighted by molar-refractivity contribution is 0.0944. The summed E-state index contributed by atoms with van der Waals surface area (Å²) < 4.78 is 0.604. The highest BCUT2D eigenvalue weighted by Crippen LogP contribution is 2.26. The van der Waals surface area contributed by atoms with Crippen molar-refractivity contribution in [3.63, 3.8) is 0 Å². The van der Waals surface area contributed by atoms with Gasteiger partial charge in [-0.1, -0.05) is 39.8 Å². The largest absolute Gasteiger partial charge is 0.301 e. The quantitative estimate of drug-likeness (QED) is 0.521. The van der Waals surface area contributed by atoms with E-state index in [2.05, 4.69) is 74.9 Å². The summed E-state index contributed by atoms with van der Waals surface area (Å²) in [5.74, 6) is 0.284. The van der Waals surface area contributed by atoms with E-state index in [0.717, 1.165) is 44.8 Å². The number of aromatic nitrogens is 2. The second kappa shape index (κ2) is 11.7. The van der Waals surface area contributed by atoms with Gasteiger partial charge in [0.05, 0.1) is 4.47 Å². The zero-order valence-electron chi connectivity index (χ0n) is 20.5. The summed E-state index contributed by atoms with van der Waals surface area (Å²) in [4.78, 5) is 26.5. The zero-order valence-corrected chi connectivity index (χ0v) is 22.1. The van der Waals surface area contributed by atoms with Crippen LogP contribution in [0, 0.1) is 16.7 Å². The molecular weight excluding hydrogens is 494 g/mol. The monoisotopic (exact) mass is 527 g/mol. The Morgan fingerprint density at radius 3 is 2.59 bits per heavy atom. The second-order valence-electron chi connectivity index (χ2n) is 9.88. The maximum Gasteiger partial charge on any atom is 0.269 e. The van der Waals surface area contributed by atoms with Gasteiger partial charge in [-0.05, 0) is 52.0 Å². The third kappa shape index (κ3) is 7.49. The molecule has 1 fully saturated rings. The fourth-order valence-electron chi connectivity index (χ4n) is 3.99. The Labute approximate surface area is 211 Å². The first-order valence-electron chi connectivity index (χ1n) is 11.7. The Morgan fingerprint density at radius 2 is 1.94 bits per heavy atom. The van der Waals surface area contributed by atoms with Gasteiger partial charge >= 0.3 is 0 Å². The average molecular weight is 528 g/mol. The summed E-state index contributed by atoms with van der Waals surface area (Å²) in [6, 6.07) is 9.75. The topological polar surface area (TPSA) is 88.4 Å². The van der Waals surface area contributed by atoms with Crippen molar-refractivity contribution in [3.05, 3.63) is 51.9 Å². The van der Waals surface area contributed by atoms with E-state index < -0.39 is 0 Å². The fraction of sp³-hybridized carbons (Fsp3) is 0.520. The minimum Gasteiger partial charge on any atom is -0.301 e. The Hall–Kier alpha value is -2.54. The molecule has 34 heavy (non-hydrogen) atoms. The van der Waals surface area contributed by atoms with Crippen LogP contribution in [-0.2, 0) is 6.54 Å². The normalized spacial score (nSPS) is 15.1. The van der Waals surface area contributed by atoms with Crippen molar-refractivity contribution in [1.29, 1.82) is 5.26 Å². The number of hydrazine groups is 1. The van der Waals surface area contributed by atoms with Crippen molar-refractivity contribution >= 4 is 27.7 Å². The average Bonchev–Trinajstić information content (AvgIpc) is 2.80. The molecule has 8 nitrogen and oxygen atoms in total. The Morgan fingerprint density at radius 1 is 1.24 bits per heavy atom. The molecule has 1 aliphatic heterocycles. The highest BCUT2D eigenvalue weighted by Gasteiger charge is 2.23. The molecule has 0 saturated carbocycles. The Bertz CT molecular complexity index is 1020. The predicted octanol–water partition coefficient (Wildman–Crippen LogP) is 3.84. The van der Waals surface area contributed by atoms with E-state index in [0.29, 0.717) is 22.4 Å². The molecule has 1 N–H and O–H groups in total. The number of halogens is 1. The first kappa shape index (κ1) is 26.1. The van der Waals surface area contributed by atoms with Crippen LogP contribution in [0.25, 0.3) is 0 Å². The number of amides is 1. The van der Waals surface area contributed by atoms with Gasteiger partial charge in [0.15, 0.2) is 5.82 Å². The third-order valence-corrected chi connectivity index (χ3v) is 6.11. The lowest BCUT2D eigenvalue weighted by Gasteiger charge is -2.34. The van der Waals surface area contributed by atoms with E-state index in [1.807, 2.05) is 24.3 Å². The lowest BCUT2D eigenvalue weighted by Crippen LogP contribution is -2.47. The number of carbonyl (C=O) groups is 1. The number of hydrogen-bond acceptors (Lipinski definition) is 7. The maximum absolute atomic E-state index is 13.2. The van der Waals surface area contributed by atoms with Crippen molar-refractivity contribution in [2.75, 3.05) is 44.3 Å². The van der Waals surface area contributed by atoms with E-state index in [1.54, 1.807) is 5.01 Å². The zero-order chi connectivity index (χ0) is 24.7. The molecule has 2 aromatic rings. The molecule has 0 aliphatic carbocycles. The number of hydrogen-bond donors (Lipinski definition) is 1. The van der Waals surface area contributed by atoms with Crippen LogP contribution in [0.4, 0.5) is 5.82 Å². The number of rotatable bonds is 8. The van der Waals surface area contributed by atoms with Crippen LogP contribution in [0.5, 0.6) is 0 Å². The number of nitrogens with one attached hydrogen (secondary N) is 1. The molecule has 2 heterocycles. The van der Waals surface area contributed by atoms with Crippen LogP contribution in [0.3, 0.4) is 0 Å². The number of nitrogens with zero attached hydrogens (tertiary/aromatic N) is 6. The van der Waals surface area contributed by atoms with Crippen molar-refractivity contribution in [3.8, 4) is 6.07 Å². The van der Waals surface area contributed by atoms with Crippen LogP contribution in [-0.4, -0.2) is 64.9 Å². The van der Waals surface area contributed by atoms with Gasteiger partial charge < -0.3 is 4.90 Å². The van der Waals surface area contributed by atoms with E-state index in [-0.39, 0.29) is 17.1 Å². The molecule has 0 unspecified atom stereocenters. The highest BCUT2D eigenvalue weighted by atomic mass is 79.9. The van der Waals surface area contributed by atoms with Crippen LogP contribution in [0.2, 0.25) is 0 Å². The second-order valence-corrected chi connectivity index (χ2v) is 10.7. The molecule has 0 radical (unpaired) electrons. The summed E-state index contributed by atoms with van der Waals surface area (Å²) in [7, 11) is 0. The smallest absolute Gasteiger partial charge is 0.269 e. The van der Waals surface area contributed by atoms with Crippen molar-refractivity contribution in [2.45, 2.75) is 40.7 Å². The van der Waals surface area contributed by atoms with Gasteiger partial charge in [-0.3, -0.25) is 20.1 Å². The van der Waals surface area contributed by atoms with Crippen LogP contribution in [0.1, 0.15) is 55.9 Å². The highest BCUT2D eigenvalue weighted by molar-refractivity contribution is 9.10. The number of piperazine rings is 1. The van der Waals surface area contributed by atoms with E-state index in [9.17, 15) is 10.1 Å². The molecule has 3 rings (SSSR count). The summed E-state index contributed by atoms with van der Waals surface area (Å²) >= 11 is 3.46. The molecule has 1 aromatic carbocycles. The Kier molecular flexibility index (Phi) is 9.00. The van der Waals surface area contributed by atoms with Crippen molar-refractivity contribution in [1.82, 2.24) is 25.2 Å². The van der Waals surface area contributed by atoms with Gasteiger partial charge in [0.1, 0.15) is 6.07 Å². The first-order chi connectivity index (χ1) is 16.2. The molecule has 9 heteroatoms. The summed E-state index contributed by atoms with van der Waals surface area (Å²) in [6.45, 7) is 15.2. The molecule has 1 aliphatic rings. The summed E-state index contributed by atoms with van der Waals surface area (Å²) in [5, 5.41) is 10.9. The van der Waals surface area contributed by atoms with Crippen LogP contribution < -0.4 is 10.4 Å². The molecule has 182 valence electrons. The minimum absolute atomic E-state index is 0.0485. The number of nitriles is 1. The molecule has 1 aromatic heterocycles. The fourth-order valence-corrected chi connectivity index (χ4v) is 4.39. The maximum atomic E-state index is 13.2.